The van der Waals surface area contributed by atoms with Gasteiger partial charge in [0.1, 0.15) is 19.8 Å². The molecule has 9 nitrogen and oxygen atoms in total. The SMILES string of the molecule is CC/C=C\C/C=C\C/C=C\C/C=C\C/C=C\C/C=C\CCCCCCC(=O)OC(COC(=O)CCCCCCCCCCCCCCC/C=C\C/C=C\CCCCCCC)COP(=O)([O-])OCC[N+](C)(C)C. The van der Waals surface area contributed by atoms with Crippen molar-refractivity contribution < 1.29 is 42.1 Å². The van der Waals surface area contributed by atoms with E-state index in [2.05, 4.69) is 111 Å². The molecule has 0 bridgehead atoms. The van der Waals surface area contributed by atoms with Crippen molar-refractivity contribution >= 4 is 19.8 Å². The molecule has 0 aromatic heterocycles. The van der Waals surface area contributed by atoms with Gasteiger partial charge in [-0.05, 0) is 96.3 Å². The van der Waals surface area contributed by atoms with E-state index < -0.39 is 32.5 Å². The maximum Gasteiger partial charge on any atom is 0.306 e. The smallest absolute Gasteiger partial charge is 0.306 e. The molecule has 414 valence electrons. The first kappa shape index (κ1) is 68.9. The molecule has 0 fully saturated rings. The predicted molar refractivity (Wildman–Crippen MR) is 305 cm³/mol. The van der Waals surface area contributed by atoms with Gasteiger partial charge in [0, 0.05) is 12.8 Å². The Balaban J connectivity index is 4.24. The fourth-order valence-corrected chi connectivity index (χ4v) is 8.36. The molecule has 0 saturated carbocycles. The molecule has 0 heterocycles. The first-order chi connectivity index (χ1) is 35.0. The van der Waals surface area contributed by atoms with Gasteiger partial charge >= 0.3 is 11.9 Å². The summed E-state index contributed by atoms with van der Waals surface area (Å²) in [5.41, 5.74) is 0. The molecule has 2 unspecified atom stereocenters. The molecule has 0 saturated heterocycles. The number of hydrogen-bond donors (Lipinski definition) is 0. The second-order valence-corrected chi connectivity index (χ2v) is 21.7. The average molecular weight is 1030 g/mol. The third-order valence-electron chi connectivity index (χ3n) is 12.1. The molecule has 0 amide bonds. The standard InChI is InChI=1S/C62H108NO8P/c1-6-8-10-12-14-16-18-20-22-24-26-28-30-31-33-34-36-38-40-42-44-46-48-50-52-54-61(64)68-58-60(59-70-72(66,67)69-57-56-63(3,4)5)71-62(65)55-53-51-49-47-45-43-41-39-37-35-32-29-27-25-23-21-19-17-15-13-11-9-7-2/h9,11,15,17-18,20-21,23-24,26-27,29,35,37,41,43,60H,6-8,10,12-14,16,19,22,25,28,30-34,36,38-40,42,44-59H2,1-5H3/b11-9-,17-15-,20-18-,23-21-,26-24-,29-27-,37-35-,43-41-. The van der Waals surface area contributed by atoms with E-state index in [4.69, 9.17) is 18.5 Å². The van der Waals surface area contributed by atoms with Gasteiger partial charge in [-0.3, -0.25) is 14.2 Å². The highest BCUT2D eigenvalue weighted by molar-refractivity contribution is 7.45. The lowest BCUT2D eigenvalue weighted by molar-refractivity contribution is -0.870. The molecule has 2 atom stereocenters. The van der Waals surface area contributed by atoms with Crippen LogP contribution in [0.1, 0.15) is 232 Å². The molecule has 0 aliphatic heterocycles. The number of phosphoric ester groups is 1. The van der Waals surface area contributed by atoms with Gasteiger partial charge < -0.3 is 27.9 Å². The highest BCUT2D eigenvalue weighted by atomic mass is 31.2. The van der Waals surface area contributed by atoms with Crippen LogP contribution >= 0.6 is 7.82 Å². The van der Waals surface area contributed by atoms with E-state index in [1.54, 1.807) is 0 Å². The Morgan fingerprint density at radius 3 is 1.18 bits per heavy atom. The van der Waals surface area contributed by atoms with E-state index in [9.17, 15) is 19.0 Å². The van der Waals surface area contributed by atoms with Crippen molar-refractivity contribution in [1.82, 2.24) is 0 Å². The van der Waals surface area contributed by atoms with Gasteiger partial charge in [-0.15, -0.1) is 0 Å². The number of carbonyl (C=O) groups excluding carboxylic acids is 2. The Morgan fingerprint density at radius 2 is 0.792 bits per heavy atom. The van der Waals surface area contributed by atoms with Gasteiger partial charge in [0.2, 0.25) is 0 Å². The lowest BCUT2D eigenvalue weighted by atomic mass is 10.0. The van der Waals surface area contributed by atoms with E-state index >= 15 is 0 Å². The highest BCUT2D eigenvalue weighted by Crippen LogP contribution is 2.38. The van der Waals surface area contributed by atoms with Crippen molar-refractivity contribution in [1.29, 1.82) is 0 Å². The monoisotopic (exact) mass is 1030 g/mol. The minimum Gasteiger partial charge on any atom is -0.756 e. The summed E-state index contributed by atoms with van der Waals surface area (Å²) in [6.45, 7) is 4.08. The van der Waals surface area contributed by atoms with Gasteiger partial charge in [0.05, 0.1) is 27.7 Å². The quantitative estimate of drug-likeness (QED) is 0.0195. The molecule has 0 aliphatic rings. The fourth-order valence-electron chi connectivity index (χ4n) is 7.63. The summed E-state index contributed by atoms with van der Waals surface area (Å²) >= 11 is 0. The number of likely N-dealkylation sites (N-methyl/N-ethyl adjacent to an activating group) is 1. The number of carbonyl (C=O) groups is 2. The van der Waals surface area contributed by atoms with Gasteiger partial charge in [0.15, 0.2) is 6.10 Å². The molecule has 0 radical (unpaired) electrons. The first-order valence-corrected chi connectivity index (χ1v) is 30.4. The molecule has 0 aromatic carbocycles. The molecule has 0 aliphatic carbocycles. The van der Waals surface area contributed by atoms with Crippen LogP contribution in [0.3, 0.4) is 0 Å². The Morgan fingerprint density at radius 1 is 0.444 bits per heavy atom. The third kappa shape index (κ3) is 56.2. The largest absolute Gasteiger partial charge is 0.756 e. The van der Waals surface area contributed by atoms with Crippen LogP contribution in [0.4, 0.5) is 0 Å². The minimum atomic E-state index is -4.65. The third-order valence-corrected chi connectivity index (χ3v) is 13.1. The maximum atomic E-state index is 12.8. The molecule has 0 rings (SSSR count). The van der Waals surface area contributed by atoms with Crippen LogP contribution in [0.5, 0.6) is 0 Å². The van der Waals surface area contributed by atoms with Crippen LogP contribution < -0.4 is 4.89 Å². The number of unbranched alkanes of at least 4 members (excludes halogenated alkanes) is 22. The van der Waals surface area contributed by atoms with E-state index in [0.29, 0.717) is 17.4 Å². The van der Waals surface area contributed by atoms with Gasteiger partial charge in [-0.25, -0.2) is 0 Å². The van der Waals surface area contributed by atoms with Gasteiger partial charge in [-0.2, -0.15) is 0 Å². The van der Waals surface area contributed by atoms with Crippen LogP contribution in [0, 0.1) is 0 Å². The van der Waals surface area contributed by atoms with E-state index in [1.807, 2.05) is 21.1 Å². The molecule has 0 N–H and O–H groups in total. The number of rotatable bonds is 52. The summed E-state index contributed by atoms with van der Waals surface area (Å²) < 4.78 is 34.1. The Bertz CT molecular complexity index is 1540. The summed E-state index contributed by atoms with van der Waals surface area (Å²) in [6.07, 6.45) is 71.6. The molecular formula is C62H108NO8P. The number of nitrogens with zero attached hydrogens (tertiary/aromatic N) is 1. The van der Waals surface area contributed by atoms with Crippen molar-refractivity contribution in [3.8, 4) is 0 Å². The maximum absolute atomic E-state index is 12.8. The molecule has 0 aromatic rings. The van der Waals surface area contributed by atoms with Crippen molar-refractivity contribution in [3.63, 3.8) is 0 Å². The van der Waals surface area contributed by atoms with Crippen molar-refractivity contribution in [3.05, 3.63) is 97.2 Å². The van der Waals surface area contributed by atoms with Crippen molar-refractivity contribution in [2.24, 2.45) is 0 Å². The number of ether oxygens (including phenoxy) is 2. The van der Waals surface area contributed by atoms with E-state index in [1.165, 1.54) is 109 Å². The lowest BCUT2D eigenvalue weighted by Crippen LogP contribution is -2.37. The van der Waals surface area contributed by atoms with Crippen molar-refractivity contribution in [2.45, 2.75) is 238 Å². The topological polar surface area (TPSA) is 111 Å². The van der Waals surface area contributed by atoms with Crippen LogP contribution in [0.25, 0.3) is 0 Å². The zero-order valence-electron chi connectivity index (χ0n) is 46.8. The van der Waals surface area contributed by atoms with Crippen LogP contribution in [0.15, 0.2) is 97.2 Å². The fraction of sp³-hybridized carbons (Fsp3) is 0.710. The highest BCUT2D eigenvalue weighted by Gasteiger charge is 2.21. The first-order valence-electron chi connectivity index (χ1n) is 28.9. The Labute approximate surface area is 443 Å². The summed E-state index contributed by atoms with van der Waals surface area (Å²) in [5, 5.41) is 0. The van der Waals surface area contributed by atoms with Crippen LogP contribution in [0.2, 0.25) is 0 Å². The number of hydrogen-bond acceptors (Lipinski definition) is 8. The summed E-state index contributed by atoms with van der Waals surface area (Å²) in [5.74, 6) is -0.866. The van der Waals surface area contributed by atoms with E-state index in [-0.39, 0.29) is 26.1 Å². The normalized spacial score (nSPS) is 14.0. The molecular weight excluding hydrogens is 918 g/mol. The second-order valence-electron chi connectivity index (χ2n) is 20.3. The second kappa shape index (κ2) is 52.8. The van der Waals surface area contributed by atoms with Crippen LogP contribution in [-0.4, -0.2) is 70.0 Å². The Hall–Kier alpha value is -3.07. The van der Waals surface area contributed by atoms with E-state index in [0.717, 1.165) is 89.9 Å². The van der Waals surface area contributed by atoms with Gasteiger partial charge in [-0.1, -0.05) is 220 Å². The summed E-state index contributed by atoms with van der Waals surface area (Å²) in [6, 6.07) is 0. The summed E-state index contributed by atoms with van der Waals surface area (Å²) in [7, 11) is 1.14. The van der Waals surface area contributed by atoms with Gasteiger partial charge in [0.25, 0.3) is 7.82 Å². The van der Waals surface area contributed by atoms with Crippen molar-refractivity contribution in [2.75, 3.05) is 47.5 Å². The average Bonchev–Trinajstić information content (AvgIpc) is 3.34. The number of quaternary nitrogens is 1. The van der Waals surface area contributed by atoms with Crippen LogP contribution in [-0.2, 0) is 32.7 Å². The number of allylic oxidation sites excluding steroid dienone is 16. The zero-order chi connectivity index (χ0) is 52.7. The molecule has 0 spiro atoms. The summed E-state index contributed by atoms with van der Waals surface area (Å²) in [4.78, 5) is 37.9. The molecule has 10 heteroatoms. The predicted octanol–water partition coefficient (Wildman–Crippen LogP) is 17.4. The minimum absolute atomic E-state index is 0.0410. The zero-order valence-corrected chi connectivity index (χ0v) is 47.7. The Kier molecular flexibility index (Phi) is 50.5. The number of phosphoric acid groups is 1. The molecule has 72 heavy (non-hydrogen) atoms. The lowest BCUT2D eigenvalue weighted by Gasteiger charge is -2.28. The number of esters is 2.